The molecule has 1 saturated heterocycles. The molecule has 0 atom stereocenters. The quantitative estimate of drug-likeness (QED) is 0.661. The molecule has 1 aliphatic rings. The van der Waals surface area contributed by atoms with E-state index in [0.29, 0.717) is 61.8 Å². The van der Waals surface area contributed by atoms with Gasteiger partial charge in [0.15, 0.2) is 5.82 Å². The number of nitrogens with zero attached hydrogens (tertiary/aromatic N) is 4. The van der Waals surface area contributed by atoms with Gasteiger partial charge in [0.2, 0.25) is 15.9 Å². The SMILES string of the molecule is CCOc1ccc(S(=O)(=O)N2CCN(Cc3nc(CC(C)C)no3)CC2)cc1. The Balaban J connectivity index is 1.56. The molecule has 0 unspecified atom stereocenters. The molecular formula is C19H28N4O4S. The molecule has 2 heterocycles. The molecule has 154 valence electrons. The van der Waals surface area contributed by atoms with E-state index in [1.165, 1.54) is 4.31 Å². The van der Waals surface area contributed by atoms with Crippen LogP contribution in [-0.4, -0.2) is 60.5 Å². The lowest BCUT2D eigenvalue weighted by Gasteiger charge is -2.33. The highest BCUT2D eigenvalue weighted by molar-refractivity contribution is 7.89. The Bertz CT molecular complexity index is 856. The van der Waals surface area contributed by atoms with Crippen molar-refractivity contribution in [3.8, 4) is 5.75 Å². The van der Waals surface area contributed by atoms with Gasteiger partial charge in [-0.15, -0.1) is 0 Å². The van der Waals surface area contributed by atoms with Crippen LogP contribution in [0.25, 0.3) is 0 Å². The highest BCUT2D eigenvalue weighted by Gasteiger charge is 2.29. The second kappa shape index (κ2) is 9.02. The number of sulfonamides is 1. The zero-order chi connectivity index (χ0) is 20.1. The Hall–Kier alpha value is -1.97. The normalized spacial score (nSPS) is 16.6. The molecule has 3 rings (SSSR count). The summed E-state index contributed by atoms with van der Waals surface area (Å²) in [6.07, 6.45) is 0.789. The average Bonchev–Trinajstić information content (AvgIpc) is 3.09. The zero-order valence-corrected chi connectivity index (χ0v) is 17.5. The van der Waals surface area contributed by atoms with E-state index in [1.807, 2.05) is 6.92 Å². The number of piperazine rings is 1. The lowest BCUT2D eigenvalue weighted by atomic mass is 10.1. The molecule has 0 N–H and O–H groups in total. The van der Waals surface area contributed by atoms with Crippen LogP contribution in [0.1, 0.15) is 32.5 Å². The second-order valence-corrected chi connectivity index (χ2v) is 9.22. The molecule has 1 fully saturated rings. The van der Waals surface area contributed by atoms with E-state index in [1.54, 1.807) is 24.3 Å². The first-order valence-corrected chi connectivity index (χ1v) is 11.1. The van der Waals surface area contributed by atoms with Gasteiger partial charge in [0.1, 0.15) is 5.75 Å². The predicted molar refractivity (Wildman–Crippen MR) is 104 cm³/mol. The molecule has 28 heavy (non-hydrogen) atoms. The van der Waals surface area contributed by atoms with Gasteiger partial charge in [-0.3, -0.25) is 4.90 Å². The Kier molecular flexibility index (Phi) is 6.69. The maximum absolute atomic E-state index is 12.9. The van der Waals surface area contributed by atoms with E-state index in [2.05, 4.69) is 28.9 Å². The number of ether oxygens (including phenoxy) is 1. The maximum Gasteiger partial charge on any atom is 0.243 e. The fourth-order valence-corrected chi connectivity index (χ4v) is 4.57. The summed E-state index contributed by atoms with van der Waals surface area (Å²) in [5.74, 6) is 2.45. The number of rotatable bonds is 8. The highest BCUT2D eigenvalue weighted by atomic mass is 32.2. The Morgan fingerprint density at radius 1 is 1.14 bits per heavy atom. The molecule has 0 amide bonds. The van der Waals surface area contributed by atoms with Crippen LogP contribution in [0.4, 0.5) is 0 Å². The van der Waals surface area contributed by atoms with Crippen molar-refractivity contribution in [2.24, 2.45) is 5.92 Å². The molecule has 0 spiro atoms. The molecule has 0 aliphatic carbocycles. The van der Waals surface area contributed by atoms with Crippen LogP contribution in [0, 0.1) is 5.92 Å². The summed E-state index contributed by atoms with van der Waals surface area (Å²) in [5.41, 5.74) is 0. The topological polar surface area (TPSA) is 88.8 Å². The standard InChI is InChI=1S/C19H28N4O4S/c1-4-26-16-5-7-17(8-6-16)28(24,25)23-11-9-22(10-12-23)14-19-20-18(21-27-19)13-15(2)3/h5-8,15H,4,9-14H2,1-3H3. The molecule has 0 radical (unpaired) electrons. The van der Waals surface area contributed by atoms with Gasteiger partial charge in [-0.25, -0.2) is 8.42 Å². The number of hydrogen-bond acceptors (Lipinski definition) is 7. The van der Waals surface area contributed by atoms with Gasteiger partial charge in [-0.2, -0.15) is 9.29 Å². The van der Waals surface area contributed by atoms with Crippen LogP contribution in [0.5, 0.6) is 5.75 Å². The highest BCUT2D eigenvalue weighted by Crippen LogP contribution is 2.21. The fraction of sp³-hybridized carbons (Fsp3) is 0.579. The first-order valence-electron chi connectivity index (χ1n) is 9.65. The van der Waals surface area contributed by atoms with Crippen molar-refractivity contribution in [3.05, 3.63) is 36.0 Å². The van der Waals surface area contributed by atoms with Gasteiger partial charge in [-0.1, -0.05) is 19.0 Å². The van der Waals surface area contributed by atoms with Crippen molar-refractivity contribution in [1.82, 2.24) is 19.3 Å². The molecule has 1 aromatic heterocycles. The van der Waals surface area contributed by atoms with Crippen LogP contribution in [0.2, 0.25) is 0 Å². The van der Waals surface area contributed by atoms with Crippen molar-refractivity contribution in [2.75, 3.05) is 32.8 Å². The maximum atomic E-state index is 12.9. The van der Waals surface area contributed by atoms with E-state index in [9.17, 15) is 8.42 Å². The Morgan fingerprint density at radius 2 is 1.82 bits per heavy atom. The van der Waals surface area contributed by atoms with E-state index in [0.717, 1.165) is 12.2 Å². The molecule has 0 saturated carbocycles. The Morgan fingerprint density at radius 3 is 2.43 bits per heavy atom. The molecule has 8 nitrogen and oxygen atoms in total. The third kappa shape index (κ3) is 5.09. The van der Waals surface area contributed by atoms with Crippen LogP contribution in [0.3, 0.4) is 0 Å². The smallest absolute Gasteiger partial charge is 0.243 e. The minimum Gasteiger partial charge on any atom is -0.494 e. The van der Waals surface area contributed by atoms with E-state index >= 15 is 0 Å². The van der Waals surface area contributed by atoms with Gasteiger partial charge in [0.05, 0.1) is 18.0 Å². The minimum absolute atomic E-state index is 0.291. The number of aromatic nitrogens is 2. The molecule has 9 heteroatoms. The minimum atomic E-state index is -3.50. The van der Waals surface area contributed by atoms with Crippen molar-refractivity contribution < 1.29 is 17.7 Å². The van der Waals surface area contributed by atoms with Crippen LogP contribution in [-0.2, 0) is 23.0 Å². The first-order chi connectivity index (χ1) is 13.4. The molecule has 1 aromatic carbocycles. The number of hydrogen-bond donors (Lipinski definition) is 0. The van der Waals surface area contributed by atoms with Gasteiger partial charge in [-0.05, 0) is 37.1 Å². The molecule has 1 aliphatic heterocycles. The average molecular weight is 409 g/mol. The van der Waals surface area contributed by atoms with Crippen LogP contribution >= 0.6 is 0 Å². The largest absolute Gasteiger partial charge is 0.494 e. The summed E-state index contributed by atoms with van der Waals surface area (Å²) in [6.45, 7) is 9.32. The molecular weight excluding hydrogens is 380 g/mol. The summed E-state index contributed by atoms with van der Waals surface area (Å²) in [7, 11) is -3.50. The summed E-state index contributed by atoms with van der Waals surface area (Å²) < 4.78 is 37.9. The summed E-state index contributed by atoms with van der Waals surface area (Å²) in [5, 5.41) is 4.01. The van der Waals surface area contributed by atoms with Crippen molar-refractivity contribution >= 4 is 10.0 Å². The molecule has 0 bridgehead atoms. The monoisotopic (exact) mass is 408 g/mol. The van der Waals surface area contributed by atoms with Gasteiger partial charge < -0.3 is 9.26 Å². The third-order valence-electron chi connectivity index (χ3n) is 4.56. The van der Waals surface area contributed by atoms with E-state index in [4.69, 9.17) is 9.26 Å². The lowest BCUT2D eigenvalue weighted by Crippen LogP contribution is -2.48. The van der Waals surface area contributed by atoms with Crippen LogP contribution in [0.15, 0.2) is 33.7 Å². The Labute approximate surface area is 166 Å². The summed E-state index contributed by atoms with van der Waals surface area (Å²) in [6, 6.07) is 6.58. The predicted octanol–water partition coefficient (Wildman–Crippen LogP) is 2.17. The van der Waals surface area contributed by atoms with E-state index in [-0.39, 0.29) is 0 Å². The van der Waals surface area contributed by atoms with Gasteiger partial charge in [0, 0.05) is 32.6 Å². The molecule has 2 aromatic rings. The summed E-state index contributed by atoms with van der Waals surface area (Å²) in [4.78, 5) is 6.85. The van der Waals surface area contributed by atoms with Gasteiger partial charge >= 0.3 is 0 Å². The second-order valence-electron chi connectivity index (χ2n) is 7.29. The fourth-order valence-electron chi connectivity index (χ4n) is 3.15. The lowest BCUT2D eigenvalue weighted by molar-refractivity contribution is 0.163. The zero-order valence-electron chi connectivity index (χ0n) is 16.7. The van der Waals surface area contributed by atoms with Crippen molar-refractivity contribution in [2.45, 2.75) is 38.6 Å². The first kappa shape index (κ1) is 20.8. The van der Waals surface area contributed by atoms with E-state index < -0.39 is 10.0 Å². The third-order valence-corrected chi connectivity index (χ3v) is 6.48. The van der Waals surface area contributed by atoms with Crippen LogP contribution < -0.4 is 4.74 Å². The summed E-state index contributed by atoms with van der Waals surface area (Å²) >= 11 is 0. The van der Waals surface area contributed by atoms with Crippen molar-refractivity contribution in [3.63, 3.8) is 0 Å². The number of benzene rings is 1. The van der Waals surface area contributed by atoms with Gasteiger partial charge in [0.25, 0.3) is 0 Å². The van der Waals surface area contributed by atoms with Crippen molar-refractivity contribution in [1.29, 1.82) is 0 Å².